The van der Waals surface area contributed by atoms with Crippen LogP contribution in [0.3, 0.4) is 0 Å². The summed E-state index contributed by atoms with van der Waals surface area (Å²) in [6, 6.07) is 5.45. The van der Waals surface area contributed by atoms with Crippen LogP contribution in [-0.2, 0) is 25.6 Å². The van der Waals surface area contributed by atoms with Gasteiger partial charge in [0.1, 0.15) is 11.5 Å². The van der Waals surface area contributed by atoms with Crippen LogP contribution in [0.1, 0.15) is 42.6 Å². The van der Waals surface area contributed by atoms with Gasteiger partial charge in [-0.3, -0.25) is 9.69 Å². The molecular weight excluding hydrogens is 540 g/mol. The minimum atomic E-state index is -0.870. The second-order valence-electron chi connectivity index (χ2n) is 7.40. The van der Waals surface area contributed by atoms with E-state index in [1.165, 1.54) is 25.3 Å². The quantitative estimate of drug-likeness (QED) is 0.260. The molecule has 1 saturated heterocycles. The molecule has 0 spiro atoms. The van der Waals surface area contributed by atoms with Gasteiger partial charge in [-0.05, 0) is 56.7 Å². The predicted octanol–water partition coefficient (Wildman–Crippen LogP) is 3.65. The monoisotopic (exact) mass is 564 g/mol. The maximum atomic E-state index is 12.9. The number of imide groups is 1. The molecule has 36 heavy (non-hydrogen) atoms. The third kappa shape index (κ3) is 6.06. The van der Waals surface area contributed by atoms with E-state index in [0.29, 0.717) is 28.1 Å². The number of esters is 2. The molecule has 1 fully saturated rings. The summed E-state index contributed by atoms with van der Waals surface area (Å²) < 4.78 is 26.8. The fraction of sp³-hybridized carbons (Fsp3) is 0.333. The SMILES string of the molecule is CCOC(=O)[C@H](C)Oc1cc(Br)c(/C=C2\NC(=O)N(Cc3ccc(C(=O)OC)o3)C2=O)cc1OCC. The van der Waals surface area contributed by atoms with Gasteiger partial charge in [0.05, 0.1) is 26.9 Å². The van der Waals surface area contributed by atoms with Gasteiger partial charge in [0, 0.05) is 4.47 Å². The molecule has 2 heterocycles. The zero-order chi connectivity index (χ0) is 26.4. The smallest absolute Gasteiger partial charge is 0.373 e. The fourth-order valence-electron chi connectivity index (χ4n) is 3.22. The molecule has 192 valence electrons. The number of urea groups is 1. The van der Waals surface area contributed by atoms with Crippen LogP contribution in [0.15, 0.2) is 38.9 Å². The molecule has 0 unspecified atom stereocenters. The minimum Gasteiger partial charge on any atom is -0.490 e. The number of hydrogen-bond donors (Lipinski definition) is 1. The maximum Gasteiger partial charge on any atom is 0.373 e. The minimum absolute atomic E-state index is 0.0245. The van der Waals surface area contributed by atoms with Gasteiger partial charge in [-0.1, -0.05) is 15.9 Å². The van der Waals surface area contributed by atoms with Crippen molar-refractivity contribution < 1.29 is 42.5 Å². The number of carbonyl (C=O) groups excluding carboxylic acids is 4. The largest absolute Gasteiger partial charge is 0.490 e. The summed E-state index contributed by atoms with van der Waals surface area (Å²) in [5, 5.41) is 2.53. The van der Waals surface area contributed by atoms with Crippen molar-refractivity contribution in [2.24, 2.45) is 0 Å². The summed E-state index contributed by atoms with van der Waals surface area (Å²) in [4.78, 5) is 49.8. The summed E-state index contributed by atoms with van der Waals surface area (Å²) in [6.45, 7) is 5.42. The predicted molar refractivity (Wildman–Crippen MR) is 129 cm³/mol. The highest BCUT2D eigenvalue weighted by molar-refractivity contribution is 9.10. The summed E-state index contributed by atoms with van der Waals surface area (Å²) in [6.07, 6.45) is 0.610. The molecular formula is C24H25BrN2O9. The Labute approximate surface area is 215 Å². The average molecular weight is 565 g/mol. The molecule has 0 saturated carbocycles. The van der Waals surface area contributed by atoms with Crippen LogP contribution in [0.2, 0.25) is 0 Å². The Balaban J connectivity index is 1.82. The van der Waals surface area contributed by atoms with Crippen molar-refractivity contribution in [2.45, 2.75) is 33.4 Å². The number of furan rings is 1. The lowest BCUT2D eigenvalue weighted by molar-refractivity contribution is -0.150. The number of nitrogens with zero attached hydrogens (tertiary/aromatic N) is 1. The highest BCUT2D eigenvalue weighted by Crippen LogP contribution is 2.36. The number of carbonyl (C=O) groups is 4. The van der Waals surface area contributed by atoms with Crippen LogP contribution in [0, 0.1) is 0 Å². The van der Waals surface area contributed by atoms with Crippen LogP contribution < -0.4 is 14.8 Å². The van der Waals surface area contributed by atoms with Gasteiger partial charge < -0.3 is 28.7 Å². The summed E-state index contributed by atoms with van der Waals surface area (Å²) in [5.41, 5.74) is 0.544. The van der Waals surface area contributed by atoms with Gasteiger partial charge in [-0.2, -0.15) is 0 Å². The molecule has 12 heteroatoms. The van der Waals surface area contributed by atoms with E-state index in [4.69, 9.17) is 18.6 Å². The molecule has 1 aromatic carbocycles. The van der Waals surface area contributed by atoms with E-state index in [0.717, 1.165) is 4.90 Å². The molecule has 3 rings (SSSR count). The first kappa shape index (κ1) is 26.8. The number of hydrogen-bond acceptors (Lipinski definition) is 9. The van der Waals surface area contributed by atoms with E-state index in [2.05, 4.69) is 26.0 Å². The topological polar surface area (TPSA) is 134 Å². The normalized spacial score (nSPS) is 15.0. The number of rotatable bonds is 10. The van der Waals surface area contributed by atoms with Crippen molar-refractivity contribution in [2.75, 3.05) is 20.3 Å². The first-order valence-corrected chi connectivity index (χ1v) is 11.8. The summed E-state index contributed by atoms with van der Waals surface area (Å²) in [7, 11) is 1.22. The van der Waals surface area contributed by atoms with Crippen LogP contribution >= 0.6 is 15.9 Å². The van der Waals surface area contributed by atoms with Crippen LogP contribution in [0.25, 0.3) is 6.08 Å². The van der Waals surface area contributed by atoms with Crippen molar-refractivity contribution >= 4 is 45.9 Å². The molecule has 2 aromatic rings. The van der Waals surface area contributed by atoms with Crippen LogP contribution in [-0.4, -0.2) is 55.2 Å². The number of amides is 3. The Kier molecular flexibility index (Phi) is 8.75. The zero-order valence-corrected chi connectivity index (χ0v) is 21.7. The van der Waals surface area contributed by atoms with E-state index in [1.807, 2.05) is 0 Å². The standard InChI is InChI=1S/C24H25BrN2O9/c1-5-33-19-10-14(16(25)11-20(19)35-13(3)22(29)34-6-2)9-17-21(28)27(24(31)26-17)12-15-7-8-18(36-15)23(30)32-4/h7-11,13H,5-6,12H2,1-4H3,(H,26,31)/b17-9-/t13-/m0/s1. The molecule has 3 amide bonds. The first-order valence-electron chi connectivity index (χ1n) is 11.0. The maximum absolute atomic E-state index is 12.9. The van der Waals surface area contributed by atoms with Crippen molar-refractivity contribution in [3.63, 3.8) is 0 Å². The van der Waals surface area contributed by atoms with Gasteiger partial charge in [0.2, 0.25) is 5.76 Å². The van der Waals surface area contributed by atoms with Gasteiger partial charge >= 0.3 is 18.0 Å². The molecule has 0 bridgehead atoms. The van der Waals surface area contributed by atoms with Crippen molar-refractivity contribution in [1.29, 1.82) is 0 Å². The number of methoxy groups -OCH3 is 1. The molecule has 11 nitrogen and oxygen atoms in total. The molecule has 1 aromatic heterocycles. The van der Waals surface area contributed by atoms with E-state index in [-0.39, 0.29) is 30.4 Å². The lowest BCUT2D eigenvalue weighted by Crippen LogP contribution is -2.30. The van der Waals surface area contributed by atoms with E-state index < -0.39 is 30.0 Å². The molecule has 0 radical (unpaired) electrons. The first-order chi connectivity index (χ1) is 17.2. The van der Waals surface area contributed by atoms with Gasteiger partial charge in [0.25, 0.3) is 5.91 Å². The van der Waals surface area contributed by atoms with Gasteiger partial charge in [0.15, 0.2) is 17.6 Å². The average Bonchev–Trinajstić information content (AvgIpc) is 3.42. The summed E-state index contributed by atoms with van der Waals surface area (Å²) >= 11 is 3.43. The Bertz CT molecular complexity index is 1200. The Morgan fingerprint density at radius 1 is 1.17 bits per heavy atom. The van der Waals surface area contributed by atoms with E-state index >= 15 is 0 Å². The molecule has 1 aliphatic rings. The lowest BCUT2D eigenvalue weighted by Gasteiger charge is -2.17. The number of nitrogens with one attached hydrogen (secondary N) is 1. The number of ether oxygens (including phenoxy) is 4. The van der Waals surface area contributed by atoms with Crippen molar-refractivity contribution in [1.82, 2.24) is 10.2 Å². The lowest BCUT2D eigenvalue weighted by atomic mass is 10.1. The van der Waals surface area contributed by atoms with Crippen molar-refractivity contribution in [3.8, 4) is 11.5 Å². The number of halogens is 1. The Hall–Kier alpha value is -3.80. The van der Waals surface area contributed by atoms with Crippen LogP contribution in [0.5, 0.6) is 11.5 Å². The molecule has 1 atom stereocenters. The Morgan fingerprint density at radius 3 is 2.58 bits per heavy atom. The second-order valence-corrected chi connectivity index (χ2v) is 8.26. The summed E-state index contributed by atoms with van der Waals surface area (Å²) in [5.74, 6) is -0.941. The van der Waals surface area contributed by atoms with Crippen molar-refractivity contribution in [3.05, 3.63) is 51.5 Å². The molecule has 0 aliphatic carbocycles. The van der Waals surface area contributed by atoms with Crippen LogP contribution in [0.4, 0.5) is 4.79 Å². The van der Waals surface area contributed by atoms with E-state index in [9.17, 15) is 19.2 Å². The van der Waals surface area contributed by atoms with Gasteiger partial charge in [-0.15, -0.1) is 0 Å². The molecule has 1 aliphatic heterocycles. The zero-order valence-electron chi connectivity index (χ0n) is 20.1. The Morgan fingerprint density at radius 2 is 1.92 bits per heavy atom. The molecule has 1 N–H and O–H groups in total. The highest BCUT2D eigenvalue weighted by Gasteiger charge is 2.34. The third-order valence-corrected chi connectivity index (χ3v) is 5.60. The van der Waals surface area contributed by atoms with E-state index in [1.54, 1.807) is 32.9 Å². The second kappa shape index (κ2) is 11.8. The van der Waals surface area contributed by atoms with Gasteiger partial charge in [-0.25, -0.2) is 14.4 Å². The number of benzene rings is 1. The fourth-order valence-corrected chi connectivity index (χ4v) is 3.66. The highest BCUT2D eigenvalue weighted by atomic mass is 79.9. The third-order valence-electron chi connectivity index (χ3n) is 4.91.